The van der Waals surface area contributed by atoms with Gasteiger partial charge in [0.1, 0.15) is 0 Å². The number of hydrogen-bond donors (Lipinski definition) is 2. The van der Waals surface area contributed by atoms with Crippen molar-refractivity contribution in [2.45, 2.75) is 25.9 Å². The van der Waals surface area contributed by atoms with E-state index in [-0.39, 0.29) is 18.4 Å². The van der Waals surface area contributed by atoms with Gasteiger partial charge in [0.2, 0.25) is 11.8 Å². The van der Waals surface area contributed by atoms with E-state index in [2.05, 4.69) is 17.2 Å². The molecule has 1 aliphatic heterocycles. The van der Waals surface area contributed by atoms with Crippen LogP contribution in [0, 0.1) is 11.8 Å². The molecule has 1 heterocycles. The van der Waals surface area contributed by atoms with Crippen LogP contribution in [0.5, 0.6) is 0 Å². The standard InChI is InChI=1S/C16H19N3O2/c1-16(2)15(21)18-14(20)11-19(16)10-13-7-4-3-6-12(13)8-5-9-17/h3-4,6-7H,9-11,17H2,1-2H3,(H,18,20,21). The Kier molecular flexibility index (Phi) is 4.41. The number of benzene rings is 1. The number of hydrogen-bond acceptors (Lipinski definition) is 4. The Morgan fingerprint density at radius 1 is 1.33 bits per heavy atom. The molecule has 0 aromatic heterocycles. The van der Waals surface area contributed by atoms with Crippen LogP contribution in [0.2, 0.25) is 0 Å². The van der Waals surface area contributed by atoms with Gasteiger partial charge in [0.15, 0.2) is 0 Å². The van der Waals surface area contributed by atoms with Crippen molar-refractivity contribution in [2.75, 3.05) is 13.1 Å². The Hall–Kier alpha value is -2.16. The zero-order valence-electron chi connectivity index (χ0n) is 12.3. The summed E-state index contributed by atoms with van der Waals surface area (Å²) in [5.74, 6) is 5.31. The number of nitrogens with two attached hydrogens (primary N) is 1. The lowest BCUT2D eigenvalue weighted by Gasteiger charge is -2.40. The maximum Gasteiger partial charge on any atom is 0.246 e. The molecule has 2 amide bonds. The SMILES string of the molecule is CC1(C)C(=O)NC(=O)CN1Cc1ccccc1C#CCN. The summed E-state index contributed by atoms with van der Waals surface area (Å²) in [7, 11) is 0. The van der Waals surface area contributed by atoms with Gasteiger partial charge in [-0.3, -0.25) is 19.8 Å². The molecule has 1 aliphatic rings. The van der Waals surface area contributed by atoms with Gasteiger partial charge in [-0.2, -0.15) is 0 Å². The molecule has 1 fully saturated rings. The summed E-state index contributed by atoms with van der Waals surface area (Å²) in [4.78, 5) is 25.4. The number of amides is 2. The normalized spacial score (nSPS) is 17.9. The third kappa shape index (κ3) is 3.30. The minimum atomic E-state index is -0.734. The topological polar surface area (TPSA) is 75.4 Å². The molecule has 5 heteroatoms. The number of rotatable bonds is 2. The smallest absolute Gasteiger partial charge is 0.246 e. The van der Waals surface area contributed by atoms with E-state index in [0.29, 0.717) is 13.1 Å². The predicted molar refractivity (Wildman–Crippen MR) is 80.0 cm³/mol. The minimum absolute atomic E-state index is 0.192. The monoisotopic (exact) mass is 285 g/mol. The fraction of sp³-hybridized carbons (Fsp3) is 0.375. The zero-order valence-corrected chi connectivity index (χ0v) is 12.3. The van der Waals surface area contributed by atoms with E-state index in [1.54, 1.807) is 0 Å². The van der Waals surface area contributed by atoms with Crippen molar-refractivity contribution in [3.63, 3.8) is 0 Å². The van der Waals surface area contributed by atoms with Crippen molar-refractivity contribution in [2.24, 2.45) is 5.73 Å². The molecule has 0 saturated carbocycles. The average Bonchev–Trinajstić information content (AvgIpc) is 2.44. The second-order valence-corrected chi connectivity index (χ2v) is 5.46. The second kappa shape index (κ2) is 6.08. The van der Waals surface area contributed by atoms with E-state index in [4.69, 9.17) is 5.73 Å². The summed E-state index contributed by atoms with van der Waals surface area (Å²) in [5.41, 5.74) is 6.53. The van der Waals surface area contributed by atoms with Crippen LogP contribution in [-0.4, -0.2) is 35.3 Å². The molecule has 0 spiro atoms. The van der Waals surface area contributed by atoms with Crippen LogP contribution in [0.25, 0.3) is 0 Å². The van der Waals surface area contributed by atoms with E-state index < -0.39 is 5.54 Å². The number of carbonyl (C=O) groups is 2. The fourth-order valence-electron chi connectivity index (χ4n) is 2.22. The summed E-state index contributed by atoms with van der Waals surface area (Å²) < 4.78 is 0. The van der Waals surface area contributed by atoms with E-state index in [0.717, 1.165) is 11.1 Å². The molecule has 0 atom stereocenters. The summed E-state index contributed by atoms with van der Waals surface area (Å²) >= 11 is 0. The first-order valence-electron chi connectivity index (χ1n) is 6.81. The minimum Gasteiger partial charge on any atom is -0.320 e. The van der Waals surface area contributed by atoms with Gasteiger partial charge >= 0.3 is 0 Å². The quantitative estimate of drug-likeness (QED) is 0.603. The Morgan fingerprint density at radius 2 is 2.05 bits per heavy atom. The predicted octanol–water partition coefficient (Wildman–Crippen LogP) is 0.234. The van der Waals surface area contributed by atoms with Crippen LogP contribution >= 0.6 is 0 Å². The molecule has 1 aromatic carbocycles. The third-order valence-electron chi connectivity index (χ3n) is 3.64. The van der Waals surface area contributed by atoms with E-state index in [1.807, 2.05) is 43.0 Å². The van der Waals surface area contributed by atoms with Crippen molar-refractivity contribution in [1.29, 1.82) is 0 Å². The van der Waals surface area contributed by atoms with Gasteiger partial charge in [-0.05, 0) is 25.5 Å². The highest BCUT2D eigenvalue weighted by Gasteiger charge is 2.40. The molecule has 110 valence electrons. The molecule has 1 aromatic rings. The highest BCUT2D eigenvalue weighted by atomic mass is 16.2. The van der Waals surface area contributed by atoms with Gasteiger partial charge in [-0.1, -0.05) is 30.0 Å². The second-order valence-electron chi connectivity index (χ2n) is 5.46. The van der Waals surface area contributed by atoms with Crippen LogP contribution in [-0.2, 0) is 16.1 Å². The van der Waals surface area contributed by atoms with Crippen molar-refractivity contribution < 1.29 is 9.59 Å². The molecule has 0 bridgehead atoms. The lowest BCUT2D eigenvalue weighted by Crippen LogP contribution is -2.63. The maximum absolute atomic E-state index is 12.0. The largest absolute Gasteiger partial charge is 0.320 e. The average molecular weight is 285 g/mol. The molecular formula is C16H19N3O2. The molecule has 3 N–H and O–H groups in total. The van der Waals surface area contributed by atoms with Crippen LogP contribution in [0.1, 0.15) is 25.0 Å². The van der Waals surface area contributed by atoms with Gasteiger partial charge in [0.25, 0.3) is 0 Å². The molecular weight excluding hydrogens is 266 g/mol. The first-order chi connectivity index (χ1) is 9.95. The van der Waals surface area contributed by atoms with E-state index in [1.165, 1.54) is 0 Å². The Labute approximate surface area is 124 Å². The van der Waals surface area contributed by atoms with Gasteiger partial charge < -0.3 is 5.73 Å². The number of carbonyl (C=O) groups excluding carboxylic acids is 2. The van der Waals surface area contributed by atoms with E-state index in [9.17, 15) is 9.59 Å². The van der Waals surface area contributed by atoms with Crippen LogP contribution < -0.4 is 11.1 Å². The summed E-state index contributed by atoms with van der Waals surface area (Å²) in [6.07, 6.45) is 0. The number of imide groups is 1. The molecule has 1 saturated heterocycles. The molecule has 0 radical (unpaired) electrons. The first-order valence-corrected chi connectivity index (χ1v) is 6.81. The first kappa shape index (κ1) is 15.2. The van der Waals surface area contributed by atoms with Gasteiger partial charge in [0.05, 0.1) is 18.6 Å². The summed E-state index contributed by atoms with van der Waals surface area (Å²) in [5, 5.41) is 2.37. The van der Waals surface area contributed by atoms with Gasteiger partial charge in [-0.25, -0.2) is 0 Å². The van der Waals surface area contributed by atoms with Crippen molar-refractivity contribution in [3.05, 3.63) is 35.4 Å². The van der Waals surface area contributed by atoms with Crippen LogP contribution in [0.15, 0.2) is 24.3 Å². The highest BCUT2D eigenvalue weighted by Crippen LogP contribution is 2.22. The van der Waals surface area contributed by atoms with E-state index >= 15 is 0 Å². The lowest BCUT2D eigenvalue weighted by molar-refractivity contribution is -0.145. The van der Waals surface area contributed by atoms with Gasteiger partial charge in [0, 0.05) is 12.1 Å². The molecule has 21 heavy (non-hydrogen) atoms. The summed E-state index contributed by atoms with van der Waals surface area (Å²) in [6, 6.07) is 7.69. The molecule has 0 unspecified atom stereocenters. The van der Waals surface area contributed by atoms with Crippen molar-refractivity contribution in [1.82, 2.24) is 10.2 Å². The highest BCUT2D eigenvalue weighted by molar-refractivity contribution is 6.02. The number of nitrogens with one attached hydrogen (secondary N) is 1. The van der Waals surface area contributed by atoms with Crippen molar-refractivity contribution >= 4 is 11.8 Å². The maximum atomic E-state index is 12.0. The molecule has 2 rings (SSSR count). The van der Waals surface area contributed by atoms with Crippen LogP contribution in [0.3, 0.4) is 0 Å². The Morgan fingerprint density at radius 3 is 2.76 bits per heavy atom. The third-order valence-corrected chi connectivity index (χ3v) is 3.64. The Balaban J connectivity index is 2.28. The number of nitrogens with zero attached hydrogens (tertiary/aromatic N) is 1. The zero-order chi connectivity index (χ0) is 15.5. The Bertz CT molecular complexity index is 626. The summed E-state index contributed by atoms with van der Waals surface area (Å²) in [6.45, 7) is 4.59. The molecule has 0 aliphatic carbocycles. The lowest BCUT2D eigenvalue weighted by atomic mass is 9.96. The van der Waals surface area contributed by atoms with Crippen molar-refractivity contribution in [3.8, 4) is 11.8 Å². The fourth-order valence-corrected chi connectivity index (χ4v) is 2.22. The molecule has 5 nitrogen and oxygen atoms in total. The number of piperazine rings is 1. The van der Waals surface area contributed by atoms with Gasteiger partial charge in [-0.15, -0.1) is 0 Å². The van der Waals surface area contributed by atoms with Crippen LogP contribution in [0.4, 0.5) is 0 Å².